The van der Waals surface area contributed by atoms with E-state index in [0.717, 1.165) is 16.6 Å². The second-order valence-corrected chi connectivity index (χ2v) is 4.23. The van der Waals surface area contributed by atoms with Crippen molar-refractivity contribution < 1.29 is 0 Å². The fraction of sp³-hybridized carbons (Fsp3) is 0.300. The molecular weight excluding hydrogens is 242 g/mol. The number of anilines is 1. The van der Waals surface area contributed by atoms with Gasteiger partial charge in [-0.2, -0.15) is 5.26 Å². The Morgan fingerprint density at radius 1 is 1.50 bits per heavy atom. The van der Waals surface area contributed by atoms with E-state index in [2.05, 4.69) is 22.0 Å². The lowest BCUT2D eigenvalue weighted by atomic mass is 10.1. The van der Waals surface area contributed by atoms with Crippen LogP contribution in [0.25, 0.3) is 0 Å². The molecule has 0 saturated heterocycles. The molecule has 0 saturated carbocycles. The minimum Gasteiger partial charge on any atom is -0.398 e. The third kappa shape index (κ3) is 2.47. The van der Waals surface area contributed by atoms with E-state index in [1.165, 1.54) is 0 Å². The predicted molar refractivity (Wildman–Crippen MR) is 60.7 cm³/mol. The molecule has 4 heteroatoms. The van der Waals surface area contributed by atoms with Crippen molar-refractivity contribution in [2.24, 2.45) is 0 Å². The van der Waals surface area contributed by atoms with E-state index < -0.39 is 0 Å². The first-order valence-corrected chi connectivity index (χ1v) is 4.96. The van der Waals surface area contributed by atoms with Crippen molar-refractivity contribution in [3.63, 3.8) is 0 Å². The SMILES string of the molecule is CN(C)Cc1cc(C#N)cc(Br)c1N. The molecule has 0 aliphatic carbocycles. The van der Waals surface area contributed by atoms with Crippen LogP contribution >= 0.6 is 15.9 Å². The topological polar surface area (TPSA) is 53.0 Å². The average molecular weight is 254 g/mol. The minimum atomic E-state index is 0.628. The summed E-state index contributed by atoms with van der Waals surface area (Å²) in [4.78, 5) is 2.01. The molecule has 0 heterocycles. The Balaban J connectivity index is 3.15. The molecule has 0 bridgehead atoms. The van der Waals surface area contributed by atoms with Gasteiger partial charge in [-0.15, -0.1) is 0 Å². The van der Waals surface area contributed by atoms with E-state index in [9.17, 15) is 0 Å². The standard InChI is InChI=1S/C10H12BrN3/c1-14(2)6-8-3-7(5-12)4-9(11)10(8)13/h3-4H,6,13H2,1-2H3. The zero-order valence-corrected chi connectivity index (χ0v) is 9.80. The van der Waals surface area contributed by atoms with Gasteiger partial charge in [-0.05, 0) is 47.7 Å². The molecule has 2 N–H and O–H groups in total. The molecular formula is C10H12BrN3. The number of rotatable bonds is 2. The minimum absolute atomic E-state index is 0.628. The number of hydrogen-bond donors (Lipinski definition) is 1. The summed E-state index contributed by atoms with van der Waals surface area (Å²) < 4.78 is 0.786. The van der Waals surface area contributed by atoms with E-state index in [-0.39, 0.29) is 0 Å². The molecule has 1 aromatic carbocycles. The van der Waals surface area contributed by atoms with Crippen LogP contribution in [0.3, 0.4) is 0 Å². The van der Waals surface area contributed by atoms with Gasteiger partial charge in [0.2, 0.25) is 0 Å². The van der Waals surface area contributed by atoms with Crippen LogP contribution in [0, 0.1) is 11.3 Å². The van der Waals surface area contributed by atoms with E-state index in [0.29, 0.717) is 11.3 Å². The maximum atomic E-state index is 8.79. The van der Waals surface area contributed by atoms with Crippen LogP contribution in [-0.2, 0) is 6.54 Å². The normalized spacial score (nSPS) is 10.2. The number of nitrogens with two attached hydrogens (primary N) is 1. The molecule has 14 heavy (non-hydrogen) atoms. The monoisotopic (exact) mass is 253 g/mol. The summed E-state index contributed by atoms with van der Waals surface area (Å²) in [6.45, 7) is 0.736. The highest BCUT2D eigenvalue weighted by atomic mass is 79.9. The summed E-state index contributed by atoms with van der Waals surface area (Å²) in [7, 11) is 3.93. The zero-order chi connectivity index (χ0) is 10.7. The first-order valence-electron chi connectivity index (χ1n) is 4.17. The number of nitrogens with zero attached hydrogens (tertiary/aromatic N) is 2. The summed E-state index contributed by atoms with van der Waals surface area (Å²) in [5.74, 6) is 0. The Kier molecular flexibility index (Phi) is 3.50. The molecule has 0 aliphatic rings. The molecule has 3 nitrogen and oxygen atoms in total. The number of nitriles is 1. The number of nitrogen functional groups attached to an aromatic ring is 1. The van der Waals surface area contributed by atoms with Gasteiger partial charge in [0.25, 0.3) is 0 Å². The van der Waals surface area contributed by atoms with Crippen molar-refractivity contribution in [2.75, 3.05) is 19.8 Å². The highest BCUT2D eigenvalue weighted by Gasteiger charge is 2.06. The lowest BCUT2D eigenvalue weighted by Gasteiger charge is -2.13. The van der Waals surface area contributed by atoms with Gasteiger partial charge in [-0.1, -0.05) is 0 Å². The summed E-state index contributed by atoms with van der Waals surface area (Å²) in [6.07, 6.45) is 0. The fourth-order valence-electron chi connectivity index (χ4n) is 1.21. The predicted octanol–water partition coefficient (Wildman–Crippen LogP) is 1.96. The fourth-order valence-corrected chi connectivity index (χ4v) is 1.71. The van der Waals surface area contributed by atoms with Crippen molar-refractivity contribution in [3.8, 4) is 6.07 Å². The van der Waals surface area contributed by atoms with Crippen LogP contribution in [0.1, 0.15) is 11.1 Å². The molecule has 1 aromatic rings. The Hall–Kier alpha value is -1.05. The third-order valence-electron chi connectivity index (χ3n) is 1.83. The summed E-state index contributed by atoms with van der Waals surface area (Å²) in [5.41, 5.74) is 8.18. The van der Waals surface area contributed by atoms with Crippen molar-refractivity contribution in [3.05, 3.63) is 27.7 Å². The van der Waals surface area contributed by atoms with Gasteiger partial charge in [-0.25, -0.2) is 0 Å². The van der Waals surface area contributed by atoms with Crippen LogP contribution in [0.4, 0.5) is 5.69 Å². The van der Waals surface area contributed by atoms with Crippen molar-refractivity contribution >= 4 is 21.6 Å². The van der Waals surface area contributed by atoms with E-state index in [1.54, 1.807) is 6.07 Å². The van der Waals surface area contributed by atoms with Crippen molar-refractivity contribution in [1.82, 2.24) is 4.90 Å². The maximum Gasteiger partial charge on any atom is 0.0992 e. The van der Waals surface area contributed by atoms with Crippen LogP contribution in [0.2, 0.25) is 0 Å². The van der Waals surface area contributed by atoms with Crippen LogP contribution < -0.4 is 5.73 Å². The lowest BCUT2D eigenvalue weighted by molar-refractivity contribution is 0.403. The smallest absolute Gasteiger partial charge is 0.0992 e. The second-order valence-electron chi connectivity index (χ2n) is 3.38. The number of hydrogen-bond acceptors (Lipinski definition) is 3. The maximum absolute atomic E-state index is 8.79. The Labute approximate surface area is 92.3 Å². The van der Waals surface area contributed by atoms with Crippen molar-refractivity contribution in [1.29, 1.82) is 5.26 Å². The average Bonchev–Trinajstić information content (AvgIpc) is 2.11. The van der Waals surface area contributed by atoms with E-state index in [4.69, 9.17) is 11.0 Å². The van der Waals surface area contributed by atoms with Crippen LogP contribution in [-0.4, -0.2) is 19.0 Å². The molecule has 0 radical (unpaired) electrons. The van der Waals surface area contributed by atoms with Gasteiger partial charge in [0.15, 0.2) is 0 Å². The molecule has 0 spiro atoms. The van der Waals surface area contributed by atoms with Gasteiger partial charge in [0, 0.05) is 11.0 Å². The molecule has 0 aliphatic heterocycles. The molecule has 0 amide bonds. The first-order chi connectivity index (χ1) is 6.54. The molecule has 74 valence electrons. The van der Waals surface area contributed by atoms with Gasteiger partial charge in [-0.3, -0.25) is 0 Å². The summed E-state index contributed by atoms with van der Waals surface area (Å²) in [5, 5.41) is 8.79. The first kappa shape index (κ1) is 11.0. The van der Waals surface area contributed by atoms with Crippen molar-refractivity contribution in [2.45, 2.75) is 6.54 Å². The molecule has 0 fully saturated rings. The summed E-state index contributed by atoms with van der Waals surface area (Å²) >= 11 is 3.33. The Morgan fingerprint density at radius 2 is 2.14 bits per heavy atom. The number of halogens is 1. The largest absolute Gasteiger partial charge is 0.398 e. The Morgan fingerprint density at radius 3 is 2.64 bits per heavy atom. The Bertz CT molecular complexity index is 380. The van der Waals surface area contributed by atoms with Crippen LogP contribution in [0.5, 0.6) is 0 Å². The highest BCUT2D eigenvalue weighted by molar-refractivity contribution is 9.10. The molecule has 0 aromatic heterocycles. The third-order valence-corrected chi connectivity index (χ3v) is 2.49. The van der Waals surface area contributed by atoms with E-state index >= 15 is 0 Å². The highest BCUT2D eigenvalue weighted by Crippen LogP contribution is 2.25. The van der Waals surface area contributed by atoms with Gasteiger partial charge in [0.1, 0.15) is 0 Å². The number of benzene rings is 1. The zero-order valence-electron chi connectivity index (χ0n) is 8.21. The quantitative estimate of drug-likeness (QED) is 0.821. The molecule has 0 unspecified atom stereocenters. The van der Waals surface area contributed by atoms with E-state index in [1.807, 2.05) is 25.1 Å². The van der Waals surface area contributed by atoms with Gasteiger partial charge >= 0.3 is 0 Å². The van der Waals surface area contributed by atoms with Gasteiger partial charge in [0.05, 0.1) is 17.3 Å². The van der Waals surface area contributed by atoms with Crippen LogP contribution in [0.15, 0.2) is 16.6 Å². The van der Waals surface area contributed by atoms with Gasteiger partial charge < -0.3 is 10.6 Å². The summed E-state index contributed by atoms with van der Waals surface area (Å²) in [6, 6.07) is 5.65. The lowest BCUT2D eigenvalue weighted by Crippen LogP contribution is -2.12. The molecule has 0 atom stereocenters. The second kappa shape index (κ2) is 4.45. The molecule has 1 rings (SSSR count).